The molecule has 1 N–H and O–H groups in total. The molecule has 0 aromatic carbocycles. The van der Waals surface area contributed by atoms with E-state index in [4.69, 9.17) is 0 Å². The van der Waals surface area contributed by atoms with Crippen molar-refractivity contribution < 1.29 is 0 Å². The second-order valence-corrected chi connectivity index (χ2v) is 6.72. The minimum atomic E-state index is 0.780. The lowest BCUT2D eigenvalue weighted by Gasteiger charge is -2.35. The van der Waals surface area contributed by atoms with Crippen LogP contribution in [0.15, 0.2) is 0 Å². The van der Waals surface area contributed by atoms with E-state index >= 15 is 0 Å². The van der Waals surface area contributed by atoms with Gasteiger partial charge in [-0.25, -0.2) is 0 Å². The van der Waals surface area contributed by atoms with Crippen molar-refractivity contribution in [1.82, 2.24) is 5.32 Å². The first kappa shape index (κ1) is 16.0. The monoisotopic (exact) mass is 253 g/mol. The van der Waals surface area contributed by atoms with Crippen molar-refractivity contribution in [2.45, 2.75) is 85.1 Å². The maximum absolute atomic E-state index is 3.74. The summed E-state index contributed by atoms with van der Waals surface area (Å²) >= 11 is 0. The van der Waals surface area contributed by atoms with E-state index in [2.05, 4.69) is 33.0 Å². The molecule has 1 aliphatic carbocycles. The summed E-state index contributed by atoms with van der Waals surface area (Å²) in [6, 6.07) is 0.780. The fourth-order valence-electron chi connectivity index (χ4n) is 3.58. The third-order valence-corrected chi connectivity index (χ3v) is 4.62. The van der Waals surface area contributed by atoms with E-state index < -0.39 is 0 Å². The summed E-state index contributed by atoms with van der Waals surface area (Å²) in [5, 5.41) is 3.74. The molecule has 1 nitrogen and oxygen atoms in total. The highest BCUT2D eigenvalue weighted by atomic mass is 14.9. The largest absolute Gasteiger partial charge is 0.314 e. The van der Waals surface area contributed by atoms with E-state index in [9.17, 15) is 0 Å². The number of nitrogens with one attached hydrogen (secondary N) is 1. The molecule has 0 saturated heterocycles. The van der Waals surface area contributed by atoms with Gasteiger partial charge in [-0.15, -0.1) is 0 Å². The van der Waals surface area contributed by atoms with Crippen LogP contribution in [0.4, 0.5) is 0 Å². The highest BCUT2D eigenvalue weighted by molar-refractivity contribution is 4.82. The molecule has 1 saturated carbocycles. The molecular formula is C17H35N. The molecule has 0 radical (unpaired) electrons. The molecule has 1 rings (SSSR count). The SMILES string of the molecule is CCCCC1CCC(C(CC(C)C)NCC)CC1. The van der Waals surface area contributed by atoms with Crippen molar-refractivity contribution >= 4 is 0 Å². The molecule has 1 unspecified atom stereocenters. The van der Waals surface area contributed by atoms with Crippen molar-refractivity contribution in [3.05, 3.63) is 0 Å². The molecule has 0 amide bonds. The van der Waals surface area contributed by atoms with Gasteiger partial charge in [-0.1, -0.05) is 59.8 Å². The summed E-state index contributed by atoms with van der Waals surface area (Å²) < 4.78 is 0. The van der Waals surface area contributed by atoms with Gasteiger partial charge in [0, 0.05) is 6.04 Å². The first-order chi connectivity index (χ1) is 8.67. The number of hydrogen-bond donors (Lipinski definition) is 1. The van der Waals surface area contributed by atoms with Gasteiger partial charge in [-0.05, 0) is 43.6 Å². The van der Waals surface area contributed by atoms with Crippen LogP contribution < -0.4 is 5.32 Å². The normalized spacial score (nSPS) is 26.5. The van der Waals surface area contributed by atoms with Gasteiger partial charge in [0.15, 0.2) is 0 Å². The first-order valence-electron chi connectivity index (χ1n) is 8.40. The Kier molecular flexibility index (Phi) is 7.97. The Morgan fingerprint density at radius 2 is 1.72 bits per heavy atom. The van der Waals surface area contributed by atoms with E-state index in [-0.39, 0.29) is 0 Å². The highest BCUT2D eigenvalue weighted by Gasteiger charge is 2.27. The Morgan fingerprint density at radius 1 is 1.06 bits per heavy atom. The molecule has 18 heavy (non-hydrogen) atoms. The van der Waals surface area contributed by atoms with Crippen LogP contribution in [0.2, 0.25) is 0 Å². The van der Waals surface area contributed by atoms with Crippen LogP contribution in [0.1, 0.15) is 79.1 Å². The molecule has 0 heterocycles. The molecule has 1 fully saturated rings. The van der Waals surface area contributed by atoms with Crippen molar-refractivity contribution in [2.75, 3.05) is 6.54 Å². The summed E-state index contributed by atoms with van der Waals surface area (Å²) in [5.74, 6) is 2.82. The minimum absolute atomic E-state index is 0.780. The van der Waals surface area contributed by atoms with Crippen molar-refractivity contribution in [1.29, 1.82) is 0 Å². The van der Waals surface area contributed by atoms with Gasteiger partial charge in [0.1, 0.15) is 0 Å². The summed E-state index contributed by atoms with van der Waals surface area (Å²) in [6.45, 7) is 10.4. The Hall–Kier alpha value is -0.0400. The smallest absolute Gasteiger partial charge is 0.00976 e. The van der Waals surface area contributed by atoms with Crippen molar-refractivity contribution in [3.8, 4) is 0 Å². The summed E-state index contributed by atoms with van der Waals surface area (Å²) in [7, 11) is 0. The molecule has 0 aliphatic heterocycles. The van der Waals surface area contributed by atoms with Gasteiger partial charge in [0.2, 0.25) is 0 Å². The van der Waals surface area contributed by atoms with Crippen LogP contribution in [-0.4, -0.2) is 12.6 Å². The van der Waals surface area contributed by atoms with E-state index in [1.54, 1.807) is 0 Å². The molecule has 0 spiro atoms. The fraction of sp³-hybridized carbons (Fsp3) is 1.00. The summed E-state index contributed by atoms with van der Waals surface area (Å²) in [5.41, 5.74) is 0. The van der Waals surface area contributed by atoms with Gasteiger partial charge in [0.05, 0.1) is 0 Å². The van der Waals surface area contributed by atoms with Crippen LogP contribution in [0, 0.1) is 17.8 Å². The van der Waals surface area contributed by atoms with Gasteiger partial charge in [-0.3, -0.25) is 0 Å². The Labute approximate surface area is 115 Å². The number of rotatable bonds is 8. The van der Waals surface area contributed by atoms with Crippen LogP contribution in [0.5, 0.6) is 0 Å². The predicted molar refractivity (Wildman–Crippen MR) is 81.9 cm³/mol. The third kappa shape index (κ3) is 5.73. The lowest BCUT2D eigenvalue weighted by Crippen LogP contribution is -2.39. The van der Waals surface area contributed by atoms with E-state index in [1.807, 2.05) is 0 Å². The molecule has 0 aromatic rings. The molecule has 1 heteroatoms. The van der Waals surface area contributed by atoms with Gasteiger partial charge in [-0.2, -0.15) is 0 Å². The molecule has 1 atom stereocenters. The van der Waals surface area contributed by atoms with Crippen LogP contribution in [0.3, 0.4) is 0 Å². The lowest BCUT2D eigenvalue weighted by atomic mass is 9.75. The quantitative estimate of drug-likeness (QED) is 0.641. The van der Waals surface area contributed by atoms with Crippen LogP contribution >= 0.6 is 0 Å². The topological polar surface area (TPSA) is 12.0 Å². The minimum Gasteiger partial charge on any atom is -0.314 e. The second-order valence-electron chi connectivity index (χ2n) is 6.72. The molecular weight excluding hydrogens is 218 g/mol. The standard InChI is InChI=1S/C17H35N/c1-5-7-8-15-9-11-16(12-10-15)17(18-6-2)13-14(3)4/h14-18H,5-13H2,1-4H3. The van der Waals surface area contributed by atoms with Crippen molar-refractivity contribution in [2.24, 2.45) is 17.8 Å². The van der Waals surface area contributed by atoms with E-state index in [0.717, 1.165) is 30.3 Å². The summed E-state index contributed by atoms with van der Waals surface area (Å²) in [4.78, 5) is 0. The maximum Gasteiger partial charge on any atom is 0.00976 e. The number of unbranched alkanes of at least 4 members (excludes halogenated alkanes) is 1. The zero-order chi connectivity index (χ0) is 13.4. The van der Waals surface area contributed by atoms with Crippen LogP contribution in [-0.2, 0) is 0 Å². The summed E-state index contributed by atoms with van der Waals surface area (Å²) in [6.07, 6.45) is 11.6. The number of hydrogen-bond acceptors (Lipinski definition) is 1. The Bertz CT molecular complexity index is 192. The molecule has 0 aromatic heterocycles. The molecule has 108 valence electrons. The zero-order valence-corrected chi connectivity index (χ0v) is 13.2. The first-order valence-corrected chi connectivity index (χ1v) is 8.40. The van der Waals surface area contributed by atoms with Gasteiger partial charge < -0.3 is 5.32 Å². The van der Waals surface area contributed by atoms with E-state index in [1.165, 1.54) is 51.4 Å². The van der Waals surface area contributed by atoms with Crippen LogP contribution in [0.25, 0.3) is 0 Å². The molecule has 1 aliphatic rings. The van der Waals surface area contributed by atoms with Crippen molar-refractivity contribution in [3.63, 3.8) is 0 Å². The maximum atomic E-state index is 3.74. The lowest BCUT2D eigenvalue weighted by molar-refractivity contribution is 0.198. The second kappa shape index (κ2) is 8.96. The Balaban J connectivity index is 2.33. The average Bonchev–Trinajstić information content (AvgIpc) is 2.36. The van der Waals surface area contributed by atoms with Gasteiger partial charge in [0.25, 0.3) is 0 Å². The average molecular weight is 253 g/mol. The fourth-order valence-corrected chi connectivity index (χ4v) is 3.58. The highest BCUT2D eigenvalue weighted by Crippen LogP contribution is 2.34. The Morgan fingerprint density at radius 3 is 2.22 bits per heavy atom. The van der Waals surface area contributed by atoms with Gasteiger partial charge >= 0.3 is 0 Å². The third-order valence-electron chi connectivity index (χ3n) is 4.62. The molecule has 0 bridgehead atoms. The zero-order valence-electron chi connectivity index (χ0n) is 13.2. The van der Waals surface area contributed by atoms with E-state index in [0.29, 0.717) is 0 Å². The predicted octanol–water partition coefficient (Wildman–Crippen LogP) is 5.01.